The number of piperidine rings is 1. The number of ether oxygens (including phenoxy) is 1. The number of rotatable bonds is 7. The summed E-state index contributed by atoms with van der Waals surface area (Å²) in [6.07, 6.45) is 5.61. The molecule has 1 aliphatic rings. The van der Waals surface area contributed by atoms with Crippen molar-refractivity contribution in [1.82, 2.24) is 14.9 Å². The molecule has 0 saturated carbocycles. The Morgan fingerprint density at radius 2 is 2.12 bits per heavy atom. The first-order chi connectivity index (χ1) is 15.6. The zero-order valence-electron chi connectivity index (χ0n) is 18.1. The first kappa shape index (κ1) is 21.9. The number of pyridine rings is 2. The van der Waals surface area contributed by atoms with Gasteiger partial charge in [0.05, 0.1) is 23.6 Å². The van der Waals surface area contributed by atoms with Crippen molar-refractivity contribution in [3.63, 3.8) is 0 Å². The van der Waals surface area contributed by atoms with Crippen LogP contribution in [0.2, 0.25) is 0 Å². The molecule has 1 aromatic carbocycles. The third-order valence-corrected chi connectivity index (χ3v) is 5.58. The SMILES string of the molecule is CCOc1cc(F)ccc1NC(=O)c1ccc(C2CCCN(Cc3ccccn3)C2)nc1. The highest BCUT2D eigenvalue weighted by atomic mass is 19.1. The molecular formula is C25H27FN4O2. The van der Waals surface area contributed by atoms with Crippen molar-refractivity contribution < 1.29 is 13.9 Å². The highest BCUT2D eigenvalue weighted by molar-refractivity contribution is 6.04. The summed E-state index contributed by atoms with van der Waals surface area (Å²) in [6.45, 7) is 4.98. The van der Waals surface area contributed by atoms with Gasteiger partial charge in [-0.15, -0.1) is 0 Å². The van der Waals surface area contributed by atoms with Gasteiger partial charge in [-0.25, -0.2) is 4.39 Å². The van der Waals surface area contributed by atoms with E-state index in [1.165, 1.54) is 18.2 Å². The molecule has 2 aromatic heterocycles. The molecule has 1 saturated heterocycles. The summed E-state index contributed by atoms with van der Waals surface area (Å²) in [5, 5.41) is 2.79. The lowest BCUT2D eigenvalue weighted by Gasteiger charge is -2.32. The van der Waals surface area contributed by atoms with Crippen molar-refractivity contribution in [2.24, 2.45) is 0 Å². The molecule has 0 bridgehead atoms. The number of likely N-dealkylation sites (tertiary alicyclic amines) is 1. The Bertz CT molecular complexity index is 1040. The van der Waals surface area contributed by atoms with Crippen LogP contribution >= 0.6 is 0 Å². The minimum absolute atomic E-state index is 0.306. The number of anilines is 1. The minimum Gasteiger partial charge on any atom is -0.492 e. The van der Waals surface area contributed by atoms with E-state index in [2.05, 4.69) is 20.2 Å². The average molecular weight is 435 g/mol. The van der Waals surface area contributed by atoms with E-state index in [-0.39, 0.29) is 5.91 Å². The monoisotopic (exact) mass is 434 g/mol. The molecule has 0 aliphatic carbocycles. The standard InChI is InChI=1S/C25H27FN4O2/c1-2-32-24-14-20(26)9-11-23(24)29-25(31)18-8-10-22(28-15-18)19-6-5-13-30(16-19)17-21-7-3-4-12-27-21/h3-4,7-12,14-15,19H,2,5-6,13,16-17H2,1H3,(H,29,31). The summed E-state index contributed by atoms with van der Waals surface area (Å²) in [4.78, 5) is 24.1. The topological polar surface area (TPSA) is 67.3 Å². The van der Waals surface area contributed by atoms with Gasteiger partial charge >= 0.3 is 0 Å². The third kappa shape index (κ3) is 5.48. The summed E-state index contributed by atoms with van der Waals surface area (Å²) in [7, 11) is 0. The van der Waals surface area contributed by atoms with Crippen LogP contribution in [0.3, 0.4) is 0 Å². The Morgan fingerprint density at radius 1 is 1.22 bits per heavy atom. The fourth-order valence-corrected chi connectivity index (χ4v) is 4.01. The Kier molecular flexibility index (Phi) is 7.07. The van der Waals surface area contributed by atoms with Crippen molar-refractivity contribution in [3.8, 4) is 5.75 Å². The maximum atomic E-state index is 13.5. The quantitative estimate of drug-likeness (QED) is 0.587. The molecule has 0 spiro atoms. The maximum absolute atomic E-state index is 13.5. The number of amides is 1. The molecule has 166 valence electrons. The second kappa shape index (κ2) is 10.3. The summed E-state index contributed by atoms with van der Waals surface area (Å²) < 4.78 is 18.9. The van der Waals surface area contributed by atoms with Crippen molar-refractivity contribution in [3.05, 3.63) is 83.7 Å². The zero-order chi connectivity index (χ0) is 22.3. The summed E-state index contributed by atoms with van der Waals surface area (Å²) in [5.74, 6) is -0.0917. The van der Waals surface area contributed by atoms with Gasteiger partial charge in [0.15, 0.2) is 0 Å². The van der Waals surface area contributed by atoms with Crippen LogP contribution in [0.25, 0.3) is 0 Å². The van der Waals surface area contributed by atoms with Crippen LogP contribution in [0.1, 0.15) is 47.4 Å². The van der Waals surface area contributed by atoms with Crippen LogP contribution in [0.15, 0.2) is 60.9 Å². The molecule has 4 rings (SSSR count). The molecule has 0 radical (unpaired) electrons. The van der Waals surface area contributed by atoms with E-state index in [4.69, 9.17) is 4.74 Å². The van der Waals surface area contributed by atoms with Crippen molar-refractivity contribution in [1.29, 1.82) is 0 Å². The van der Waals surface area contributed by atoms with Gasteiger partial charge in [-0.3, -0.25) is 19.7 Å². The Balaban J connectivity index is 1.40. The highest BCUT2D eigenvalue weighted by Crippen LogP contribution is 2.28. The van der Waals surface area contributed by atoms with Gasteiger partial charge in [0.25, 0.3) is 5.91 Å². The van der Waals surface area contributed by atoms with E-state index >= 15 is 0 Å². The molecule has 3 aromatic rings. The first-order valence-corrected chi connectivity index (χ1v) is 10.9. The molecule has 1 aliphatic heterocycles. The van der Waals surface area contributed by atoms with E-state index in [0.717, 1.165) is 43.9 Å². The summed E-state index contributed by atoms with van der Waals surface area (Å²) in [6, 6.07) is 13.8. The van der Waals surface area contributed by atoms with Crippen LogP contribution in [-0.4, -0.2) is 40.5 Å². The normalized spacial score (nSPS) is 16.5. The fraction of sp³-hybridized carbons (Fsp3) is 0.320. The van der Waals surface area contributed by atoms with Crippen LogP contribution in [-0.2, 0) is 6.54 Å². The highest BCUT2D eigenvalue weighted by Gasteiger charge is 2.23. The van der Waals surface area contributed by atoms with Crippen LogP contribution in [0, 0.1) is 5.82 Å². The number of nitrogens with one attached hydrogen (secondary N) is 1. The van der Waals surface area contributed by atoms with E-state index < -0.39 is 5.82 Å². The maximum Gasteiger partial charge on any atom is 0.257 e. The minimum atomic E-state index is -0.415. The molecular weight excluding hydrogens is 407 g/mol. The van der Waals surface area contributed by atoms with Gasteiger partial charge in [0, 0.05) is 43.2 Å². The fourth-order valence-electron chi connectivity index (χ4n) is 4.01. The van der Waals surface area contributed by atoms with Gasteiger partial charge in [0.2, 0.25) is 0 Å². The number of halogens is 1. The van der Waals surface area contributed by atoms with Gasteiger partial charge < -0.3 is 10.1 Å². The number of hydrogen-bond donors (Lipinski definition) is 1. The number of carbonyl (C=O) groups is 1. The Hall–Kier alpha value is -3.32. The largest absolute Gasteiger partial charge is 0.492 e. The first-order valence-electron chi connectivity index (χ1n) is 10.9. The molecule has 32 heavy (non-hydrogen) atoms. The number of hydrogen-bond acceptors (Lipinski definition) is 5. The van der Waals surface area contributed by atoms with Crippen LogP contribution in [0.5, 0.6) is 5.75 Å². The van der Waals surface area contributed by atoms with E-state index in [0.29, 0.717) is 29.5 Å². The lowest BCUT2D eigenvalue weighted by molar-refractivity contribution is 0.102. The zero-order valence-corrected chi connectivity index (χ0v) is 18.1. The molecule has 6 nitrogen and oxygen atoms in total. The van der Waals surface area contributed by atoms with E-state index in [9.17, 15) is 9.18 Å². The number of benzene rings is 1. The van der Waals surface area contributed by atoms with Gasteiger partial charge in [0.1, 0.15) is 11.6 Å². The van der Waals surface area contributed by atoms with Crippen LogP contribution in [0.4, 0.5) is 10.1 Å². The smallest absolute Gasteiger partial charge is 0.257 e. The number of aromatic nitrogens is 2. The second-order valence-electron chi connectivity index (χ2n) is 7.89. The predicted molar refractivity (Wildman–Crippen MR) is 121 cm³/mol. The molecule has 1 N–H and O–H groups in total. The van der Waals surface area contributed by atoms with E-state index in [1.807, 2.05) is 37.4 Å². The van der Waals surface area contributed by atoms with Crippen molar-refractivity contribution in [2.45, 2.75) is 32.2 Å². The number of nitrogens with zero attached hydrogens (tertiary/aromatic N) is 3. The molecule has 1 atom stereocenters. The summed E-state index contributed by atoms with van der Waals surface area (Å²) >= 11 is 0. The van der Waals surface area contributed by atoms with Gasteiger partial charge in [-0.1, -0.05) is 6.07 Å². The van der Waals surface area contributed by atoms with Crippen molar-refractivity contribution >= 4 is 11.6 Å². The average Bonchev–Trinajstić information content (AvgIpc) is 2.82. The van der Waals surface area contributed by atoms with Crippen molar-refractivity contribution in [2.75, 3.05) is 25.0 Å². The van der Waals surface area contributed by atoms with Crippen LogP contribution < -0.4 is 10.1 Å². The molecule has 3 heterocycles. The molecule has 7 heteroatoms. The lowest BCUT2D eigenvalue weighted by atomic mass is 9.94. The molecule has 1 amide bonds. The molecule has 1 unspecified atom stereocenters. The predicted octanol–water partition coefficient (Wildman–Crippen LogP) is 4.65. The Labute approximate surface area is 187 Å². The number of carbonyl (C=O) groups excluding carboxylic acids is 1. The van der Waals surface area contributed by atoms with Gasteiger partial charge in [-0.2, -0.15) is 0 Å². The molecule has 1 fully saturated rings. The third-order valence-electron chi connectivity index (χ3n) is 5.58. The second-order valence-corrected chi connectivity index (χ2v) is 7.89. The lowest BCUT2D eigenvalue weighted by Crippen LogP contribution is -2.34. The van der Waals surface area contributed by atoms with E-state index in [1.54, 1.807) is 12.3 Å². The van der Waals surface area contributed by atoms with Gasteiger partial charge in [-0.05, 0) is 62.7 Å². The Morgan fingerprint density at radius 3 is 2.88 bits per heavy atom. The summed E-state index contributed by atoms with van der Waals surface area (Å²) in [5.41, 5.74) is 2.94.